The number of hydrogen-bond acceptors (Lipinski definition) is 4. The maximum absolute atomic E-state index is 11.2. The summed E-state index contributed by atoms with van der Waals surface area (Å²) in [6, 6.07) is 0. The van der Waals surface area contributed by atoms with E-state index in [-0.39, 0.29) is 6.42 Å². The van der Waals surface area contributed by atoms with Crippen molar-refractivity contribution in [3.05, 3.63) is 0 Å². The van der Waals surface area contributed by atoms with Gasteiger partial charge in [-0.15, -0.1) is 12.6 Å². The number of thiol groups is 1. The van der Waals surface area contributed by atoms with Crippen molar-refractivity contribution in [3.63, 3.8) is 0 Å². The van der Waals surface area contributed by atoms with Crippen LogP contribution in [0.3, 0.4) is 0 Å². The number of ether oxygens (including phenoxy) is 1. The lowest BCUT2D eigenvalue weighted by Crippen LogP contribution is -2.21. The molecule has 0 aromatic carbocycles. The average Bonchev–Trinajstić information content (AvgIpc) is 2.36. The van der Waals surface area contributed by atoms with Gasteiger partial charge in [0.15, 0.2) is 0 Å². The van der Waals surface area contributed by atoms with Gasteiger partial charge in [0.05, 0.1) is 13.0 Å². The summed E-state index contributed by atoms with van der Waals surface area (Å²) in [7, 11) is 0. The van der Waals surface area contributed by atoms with E-state index in [2.05, 4.69) is 19.6 Å². The summed E-state index contributed by atoms with van der Waals surface area (Å²) in [5.74, 6) is -0.544. The third-order valence-corrected chi connectivity index (χ3v) is 3.20. The number of unbranched alkanes of at least 4 members (excludes halogenated alkanes) is 7. The molecule has 0 heterocycles. The zero-order chi connectivity index (χ0) is 14.5. The van der Waals surface area contributed by atoms with Gasteiger partial charge in [0.1, 0.15) is 6.10 Å². The van der Waals surface area contributed by atoms with E-state index in [1.807, 2.05) is 0 Å². The smallest absolute Gasteiger partial charge is 0.308 e. The fourth-order valence-electron chi connectivity index (χ4n) is 1.73. The molecule has 112 valence electrons. The van der Waals surface area contributed by atoms with Crippen LogP contribution in [0.5, 0.6) is 0 Å². The van der Waals surface area contributed by atoms with Crippen LogP contribution in [0.2, 0.25) is 0 Å². The van der Waals surface area contributed by atoms with Gasteiger partial charge in [0, 0.05) is 0 Å². The van der Waals surface area contributed by atoms with Crippen molar-refractivity contribution in [1.29, 1.82) is 0 Å². The van der Waals surface area contributed by atoms with E-state index in [4.69, 9.17) is 9.84 Å². The minimum Gasteiger partial charge on any atom is -0.466 e. The molecule has 1 N–H and O–H groups in total. The number of esters is 1. The molecule has 0 fully saturated rings. The predicted molar refractivity (Wildman–Crippen MR) is 78.2 cm³/mol. The van der Waals surface area contributed by atoms with E-state index >= 15 is 0 Å². The second-order valence-electron chi connectivity index (χ2n) is 4.75. The van der Waals surface area contributed by atoms with E-state index < -0.39 is 17.2 Å². The van der Waals surface area contributed by atoms with Crippen molar-refractivity contribution < 1.29 is 19.4 Å². The van der Waals surface area contributed by atoms with E-state index in [1.54, 1.807) is 0 Å². The Hall–Kier alpha value is -0.550. The van der Waals surface area contributed by atoms with Crippen LogP contribution in [-0.4, -0.2) is 28.9 Å². The summed E-state index contributed by atoms with van der Waals surface area (Å²) >= 11 is 3.44. The topological polar surface area (TPSA) is 63.6 Å². The van der Waals surface area contributed by atoms with Crippen LogP contribution in [0.15, 0.2) is 0 Å². The van der Waals surface area contributed by atoms with Gasteiger partial charge < -0.3 is 9.84 Å². The van der Waals surface area contributed by atoms with Crippen molar-refractivity contribution in [2.75, 3.05) is 6.61 Å². The Balaban J connectivity index is 3.30. The molecule has 0 saturated carbocycles. The molecular formula is C14H26O4S. The lowest BCUT2D eigenvalue weighted by atomic mass is 10.1. The number of carbonyl (C=O) groups excluding carboxylic acids is 2. The van der Waals surface area contributed by atoms with Crippen LogP contribution in [0.25, 0.3) is 0 Å². The van der Waals surface area contributed by atoms with Gasteiger partial charge in [-0.2, -0.15) is 0 Å². The highest BCUT2D eigenvalue weighted by Crippen LogP contribution is 2.08. The predicted octanol–water partition coefficient (Wildman–Crippen LogP) is 2.88. The highest BCUT2D eigenvalue weighted by atomic mass is 32.1. The molecule has 0 rings (SSSR count). The molecule has 19 heavy (non-hydrogen) atoms. The molecule has 0 radical (unpaired) electrons. The third-order valence-electron chi connectivity index (χ3n) is 2.91. The number of rotatable bonds is 12. The first-order chi connectivity index (χ1) is 9.07. The highest BCUT2D eigenvalue weighted by molar-refractivity contribution is 7.96. The lowest BCUT2D eigenvalue weighted by Gasteiger charge is -2.07. The molecule has 0 aliphatic rings. The Labute approximate surface area is 121 Å². The van der Waals surface area contributed by atoms with Crippen LogP contribution in [0.1, 0.15) is 64.7 Å². The molecule has 4 nitrogen and oxygen atoms in total. The Morgan fingerprint density at radius 2 is 1.58 bits per heavy atom. The molecule has 1 atom stereocenters. The van der Waals surface area contributed by atoms with E-state index in [9.17, 15) is 9.59 Å². The molecule has 0 bridgehead atoms. The summed E-state index contributed by atoms with van der Waals surface area (Å²) in [6.45, 7) is 2.56. The van der Waals surface area contributed by atoms with Gasteiger partial charge in [-0.1, -0.05) is 51.9 Å². The Morgan fingerprint density at radius 1 is 1.05 bits per heavy atom. The first-order valence-corrected chi connectivity index (χ1v) is 7.59. The van der Waals surface area contributed by atoms with E-state index in [0.717, 1.165) is 12.8 Å². The fourth-order valence-corrected chi connectivity index (χ4v) is 1.82. The molecule has 0 aliphatic heterocycles. The standard InChI is InChI=1S/C14H26O4S/c1-2-3-4-5-6-7-8-9-10-18-13(16)11-12(15)14(17)19/h12,15H,2-11H2,1H3,(H,17,19). The normalized spacial score (nSPS) is 12.2. The van der Waals surface area contributed by atoms with Gasteiger partial charge in [-0.05, 0) is 6.42 Å². The molecular weight excluding hydrogens is 264 g/mol. The van der Waals surface area contributed by atoms with Gasteiger partial charge in [-0.25, -0.2) is 0 Å². The summed E-state index contributed by atoms with van der Waals surface area (Å²) in [4.78, 5) is 21.8. The maximum atomic E-state index is 11.2. The van der Waals surface area contributed by atoms with Crippen LogP contribution in [-0.2, 0) is 14.3 Å². The second-order valence-corrected chi connectivity index (χ2v) is 5.19. The molecule has 5 heteroatoms. The Morgan fingerprint density at radius 3 is 2.11 bits per heavy atom. The Bertz CT molecular complexity index is 256. The van der Waals surface area contributed by atoms with Crippen LogP contribution < -0.4 is 0 Å². The van der Waals surface area contributed by atoms with Crippen molar-refractivity contribution in [2.45, 2.75) is 70.8 Å². The molecule has 0 aromatic rings. The number of aliphatic hydroxyl groups excluding tert-OH is 1. The summed E-state index contributed by atoms with van der Waals surface area (Å²) in [6.07, 6.45) is 7.79. The van der Waals surface area contributed by atoms with Crippen molar-refractivity contribution in [3.8, 4) is 0 Å². The van der Waals surface area contributed by atoms with Crippen LogP contribution >= 0.6 is 12.6 Å². The lowest BCUT2D eigenvalue weighted by molar-refractivity contribution is -0.147. The van der Waals surface area contributed by atoms with Gasteiger partial charge in [-0.3, -0.25) is 9.59 Å². The Kier molecular flexibility index (Phi) is 12.1. The molecule has 1 unspecified atom stereocenters. The van der Waals surface area contributed by atoms with Crippen LogP contribution in [0, 0.1) is 0 Å². The van der Waals surface area contributed by atoms with E-state index in [1.165, 1.54) is 38.5 Å². The van der Waals surface area contributed by atoms with E-state index in [0.29, 0.717) is 6.61 Å². The molecule has 0 spiro atoms. The maximum Gasteiger partial charge on any atom is 0.308 e. The highest BCUT2D eigenvalue weighted by Gasteiger charge is 2.16. The SMILES string of the molecule is CCCCCCCCCCOC(=O)CC(O)C(=O)S. The van der Waals surface area contributed by atoms with Gasteiger partial charge >= 0.3 is 5.97 Å². The number of carbonyl (C=O) groups is 2. The van der Waals surface area contributed by atoms with Crippen molar-refractivity contribution in [1.82, 2.24) is 0 Å². The minimum absolute atomic E-state index is 0.306. The number of aliphatic hydroxyl groups is 1. The number of hydrogen-bond donors (Lipinski definition) is 2. The first-order valence-electron chi connectivity index (χ1n) is 7.14. The summed E-state index contributed by atoms with van der Waals surface area (Å²) in [5, 5.41) is 8.41. The summed E-state index contributed by atoms with van der Waals surface area (Å²) < 4.78 is 4.92. The quantitative estimate of drug-likeness (QED) is 0.329. The first kappa shape index (κ1) is 18.4. The summed E-state index contributed by atoms with van der Waals surface area (Å²) in [5.41, 5.74) is 0. The van der Waals surface area contributed by atoms with Crippen LogP contribution in [0.4, 0.5) is 0 Å². The van der Waals surface area contributed by atoms with Crippen molar-refractivity contribution in [2.24, 2.45) is 0 Å². The second kappa shape index (κ2) is 12.5. The molecule has 0 amide bonds. The average molecular weight is 290 g/mol. The largest absolute Gasteiger partial charge is 0.466 e. The zero-order valence-corrected chi connectivity index (χ0v) is 12.7. The monoisotopic (exact) mass is 290 g/mol. The minimum atomic E-state index is -1.35. The fraction of sp³-hybridized carbons (Fsp3) is 0.857. The molecule has 0 saturated heterocycles. The third kappa shape index (κ3) is 12.2. The van der Waals surface area contributed by atoms with Gasteiger partial charge in [0.25, 0.3) is 0 Å². The molecule has 0 aliphatic carbocycles. The zero-order valence-electron chi connectivity index (χ0n) is 11.8. The van der Waals surface area contributed by atoms with Crippen molar-refractivity contribution >= 4 is 23.7 Å². The molecule has 0 aromatic heterocycles. The van der Waals surface area contributed by atoms with Gasteiger partial charge in [0.2, 0.25) is 5.12 Å².